The third-order valence-electron chi connectivity index (χ3n) is 3.65. The number of amides is 1. The van der Waals surface area contributed by atoms with Crippen molar-refractivity contribution in [2.24, 2.45) is 0 Å². The van der Waals surface area contributed by atoms with Crippen LogP contribution in [-0.2, 0) is 11.0 Å². The number of rotatable bonds is 5. The lowest BCUT2D eigenvalue weighted by atomic mass is 10.1. The van der Waals surface area contributed by atoms with Crippen molar-refractivity contribution in [2.75, 3.05) is 5.32 Å². The molecule has 1 amide bonds. The molecule has 28 heavy (non-hydrogen) atoms. The number of nitrogens with zero attached hydrogens (tertiary/aromatic N) is 2. The number of thioether (sulfide) groups is 1. The minimum Gasteiger partial charge on any atom is -0.325 e. The van der Waals surface area contributed by atoms with Gasteiger partial charge in [0.05, 0.1) is 10.6 Å². The van der Waals surface area contributed by atoms with E-state index in [1.165, 1.54) is 6.07 Å². The van der Waals surface area contributed by atoms with Crippen molar-refractivity contribution in [3.63, 3.8) is 0 Å². The number of aromatic nitrogens is 2. The number of carbonyl (C=O) groups is 1. The van der Waals surface area contributed by atoms with Gasteiger partial charge in [-0.05, 0) is 29.8 Å². The maximum Gasteiger partial charge on any atom is 0.417 e. The minimum atomic E-state index is -4.62. The summed E-state index contributed by atoms with van der Waals surface area (Å²) >= 11 is 6.73. The van der Waals surface area contributed by atoms with Crippen LogP contribution in [0.5, 0.6) is 0 Å². The predicted octanol–water partition coefficient (Wildman–Crippen LogP) is 5.62. The molecular weight excluding hydrogens is 411 g/mol. The maximum atomic E-state index is 13.1. The molecule has 3 aromatic rings. The van der Waals surface area contributed by atoms with E-state index in [0.717, 1.165) is 23.9 Å². The number of alkyl halides is 3. The Balaban J connectivity index is 1.88. The van der Waals surface area contributed by atoms with Crippen molar-refractivity contribution in [2.45, 2.75) is 16.6 Å². The van der Waals surface area contributed by atoms with E-state index < -0.39 is 27.9 Å². The molecule has 2 aromatic carbocycles. The van der Waals surface area contributed by atoms with Crippen LogP contribution in [0.3, 0.4) is 0 Å². The van der Waals surface area contributed by atoms with Crippen molar-refractivity contribution in [3.8, 4) is 0 Å². The first-order valence-electron chi connectivity index (χ1n) is 8.01. The lowest BCUT2D eigenvalue weighted by Gasteiger charge is -2.17. The highest BCUT2D eigenvalue weighted by Crippen LogP contribution is 2.37. The van der Waals surface area contributed by atoms with Gasteiger partial charge in [-0.15, -0.1) is 0 Å². The van der Waals surface area contributed by atoms with Crippen molar-refractivity contribution in [1.29, 1.82) is 0 Å². The van der Waals surface area contributed by atoms with Gasteiger partial charge in [-0.25, -0.2) is 9.97 Å². The monoisotopic (exact) mass is 423 g/mol. The lowest BCUT2D eigenvalue weighted by Crippen LogP contribution is -2.20. The normalized spacial score (nSPS) is 12.4. The SMILES string of the molecule is O=C(Nc1ccc(Cl)c(C(F)(F)F)c1)[C@@H](Sc1ncccn1)c1ccccc1. The molecule has 0 fully saturated rings. The van der Waals surface area contributed by atoms with Crippen LogP contribution in [0.4, 0.5) is 18.9 Å². The lowest BCUT2D eigenvalue weighted by molar-refractivity contribution is -0.137. The molecule has 0 aliphatic carbocycles. The van der Waals surface area contributed by atoms with E-state index in [9.17, 15) is 18.0 Å². The molecule has 0 aliphatic heterocycles. The van der Waals surface area contributed by atoms with Crippen LogP contribution < -0.4 is 5.32 Å². The molecular formula is C19H13ClF3N3OS. The Kier molecular flexibility index (Phi) is 6.21. The van der Waals surface area contributed by atoms with Gasteiger partial charge in [-0.2, -0.15) is 13.2 Å². The van der Waals surface area contributed by atoms with E-state index in [-0.39, 0.29) is 5.69 Å². The van der Waals surface area contributed by atoms with Crippen molar-refractivity contribution < 1.29 is 18.0 Å². The summed E-state index contributed by atoms with van der Waals surface area (Å²) in [6.45, 7) is 0. The van der Waals surface area contributed by atoms with Crippen molar-refractivity contribution in [1.82, 2.24) is 9.97 Å². The van der Waals surface area contributed by atoms with Gasteiger partial charge in [0.25, 0.3) is 0 Å². The molecule has 1 N–H and O–H groups in total. The highest BCUT2D eigenvalue weighted by molar-refractivity contribution is 8.00. The number of halogens is 4. The van der Waals surface area contributed by atoms with E-state index in [1.54, 1.807) is 48.8 Å². The van der Waals surface area contributed by atoms with E-state index >= 15 is 0 Å². The van der Waals surface area contributed by atoms with Gasteiger partial charge < -0.3 is 5.32 Å². The number of anilines is 1. The predicted molar refractivity (Wildman–Crippen MR) is 102 cm³/mol. The van der Waals surface area contributed by atoms with Gasteiger partial charge in [-0.3, -0.25) is 4.79 Å². The smallest absolute Gasteiger partial charge is 0.325 e. The molecule has 0 spiro atoms. The molecule has 1 aromatic heterocycles. The summed E-state index contributed by atoms with van der Waals surface area (Å²) in [7, 11) is 0. The average molecular weight is 424 g/mol. The molecule has 144 valence electrons. The molecule has 0 saturated carbocycles. The summed E-state index contributed by atoms with van der Waals surface area (Å²) in [4.78, 5) is 21.1. The van der Waals surface area contributed by atoms with E-state index in [1.807, 2.05) is 0 Å². The van der Waals surface area contributed by atoms with Gasteiger partial charge in [0.15, 0.2) is 5.16 Å². The van der Waals surface area contributed by atoms with Crippen LogP contribution >= 0.6 is 23.4 Å². The first kappa shape index (κ1) is 20.2. The fourth-order valence-electron chi connectivity index (χ4n) is 2.38. The fourth-order valence-corrected chi connectivity index (χ4v) is 3.52. The summed E-state index contributed by atoms with van der Waals surface area (Å²) < 4.78 is 39.2. The summed E-state index contributed by atoms with van der Waals surface area (Å²) in [6, 6.07) is 13.7. The number of carbonyl (C=O) groups excluding carboxylic acids is 1. The number of nitrogens with one attached hydrogen (secondary N) is 1. The quantitative estimate of drug-likeness (QED) is 0.427. The van der Waals surface area contributed by atoms with Gasteiger partial charge in [-0.1, -0.05) is 53.7 Å². The summed E-state index contributed by atoms with van der Waals surface area (Å²) in [5.41, 5.74) is -0.345. The first-order chi connectivity index (χ1) is 13.3. The number of hydrogen-bond acceptors (Lipinski definition) is 4. The second-order valence-corrected chi connectivity index (χ2v) is 7.10. The standard InChI is InChI=1S/C19H13ClF3N3OS/c20-15-8-7-13(11-14(15)19(21,22)23)26-17(27)16(12-5-2-1-3-6-12)28-18-24-9-4-10-25-18/h1-11,16H,(H,26,27)/t16-/m0/s1. The first-order valence-corrected chi connectivity index (χ1v) is 9.26. The second kappa shape index (κ2) is 8.62. The van der Waals surface area contributed by atoms with Crippen LogP contribution in [0.25, 0.3) is 0 Å². The van der Waals surface area contributed by atoms with Gasteiger partial charge in [0.2, 0.25) is 5.91 Å². The Hall–Kier alpha value is -2.58. The largest absolute Gasteiger partial charge is 0.417 e. The molecule has 3 rings (SSSR count). The number of benzene rings is 2. The van der Waals surface area contributed by atoms with Crippen LogP contribution in [0.2, 0.25) is 5.02 Å². The van der Waals surface area contributed by atoms with E-state index in [2.05, 4.69) is 15.3 Å². The van der Waals surface area contributed by atoms with Crippen molar-refractivity contribution in [3.05, 3.63) is 83.1 Å². The Bertz CT molecular complexity index is 956. The topological polar surface area (TPSA) is 54.9 Å². The molecule has 4 nitrogen and oxygen atoms in total. The zero-order valence-corrected chi connectivity index (χ0v) is 15.7. The Labute approximate surface area is 168 Å². The maximum absolute atomic E-state index is 13.1. The third kappa shape index (κ3) is 5.02. The van der Waals surface area contributed by atoms with Crippen LogP contribution in [-0.4, -0.2) is 15.9 Å². The van der Waals surface area contributed by atoms with Gasteiger partial charge in [0, 0.05) is 18.1 Å². The Morgan fingerprint density at radius 3 is 2.36 bits per heavy atom. The molecule has 9 heteroatoms. The zero-order valence-electron chi connectivity index (χ0n) is 14.2. The molecule has 1 atom stereocenters. The average Bonchev–Trinajstić information content (AvgIpc) is 2.68. The highest BCUT2D eigenvalue weighted by Gasteiger charge is 2.33. The fraction of sp³-hybridized carbons (Fsp3) is 0.105. The van der Waals surface area contributed by atoms with Crippen LogP contribution in [0.15, 0.2) is 72.1 Å². The van der Waals surface area contributed by atoms with E-state index in [4.69, 9.17) is 11.6 Å². The molecule has 0 bridgehead atoms. The highest BCUT2D eigenvalue weighted by atomic mass is 35.5. The molecule has 0 unspecified atom stereocenters. The Morgan fingerprint density at radius 1 is 1.04 bits per heavy atom. The molecule has 0 saturated heterocycles. The van der Waals surface area contributed by atoms with Crippen LogP contribution in [0.1, 0.15) is 16.4 Å². The molecule has 1 heterocycles. The van der Waals surface area contributed by atoms with Gasteiger partial charge >= 0.3 is 6.18 Å². The third-order valence-corrected chi connectivity index (χ3v) is 5.12. The molecule has 0 radical (unpaired) electrons. The summed E-state index contributed by atoms with van der Waals surface area (Å²) in [6.07, 6.45) is -1.53. The summed E-state index contributed by atoms with van der Waals surface area (Å²) in [5.74, 6) is -0.501. The summed E-state index contributed by atoms with van der Waals surface area (Å²) in [5, 5.41) is 1.71. The van der Waals surface area contributed by atoms with Gasteiger partial charge in [0.1, 0.15) is 5.25 Å². The second-order valence-electron chi connectivity index (χ2n) is 5.62. The van der Waals surface area contributed by atoms with Crippen molar-refractivity contribution >= 4 is 35.0 Å². The Morgan fingerprint density at radius 2 is 1.71 bits per heavy atom. The van der Waals surface area contributed by atoms with E-state index in [0.29, 0.717) is 10.7 Å². The zero-order chi connectivity index (χ0) is 20.1. The minimum absolute atomic E-state index is 0.00256. The molecule has 0 aliphatic rings. The van der Waals surface area contributed by atoms with Crippen LogP contribution in [0, 0.1) is 0 Å². The number of hydrogen-bond donors (Lipinski definition) is 1.